The zero-order chi connectivity index (χ0) is 20.2. The van der Waals surface area contributed by atoms with Gasteiger partial charge in [0.1, 0.15) is 5.01 Å². The summed E-state index contributed by atoms with van der Waals surface area (Å²) in [5.74, 6) is -0.136. The number of rotatable bonds is 6. The van der Waals surface area contributed by atoms with Gasteiger partial charge in [-0.05, 0) is 49.2 Å². The molecule has 1 heterocycles. The zero-order valence-corrected chi connectivity index (χ0v) is 17.8. The van der Waals surface area contributed by atoms with Gasteiger partial charge in [-0.1, -0.05) is 28.1 Å². The van der Waals surface area contributed by atoms with E-state index in [2.05, 4.69) is 36.9 Å². The fourth-order valence-electron chi connectivity index (χ4n) is 2.73. The summed E-state index contributed by atoms with van der Waals surface area (Å²) in [4.78, 5) is 28.7. The number of carbonyl (C=O) groups excluding carboxylic acids is 2. The van der Waals surface area contributed by atoms with Gasteiger partial charge < -0.3 is 16.0 Å². The molecule has 1 aliphatic rings. The predicted molar refractivity (Wildman–Crippen MR) is 119 cm³/mol. The van der Waals surface area contributed by atoms with E-state index in [1.165, 1.54) is 11.3 Å². The number of halogens is 1. The average Bonchev–Trinajstić information content (AvgIpc) is 3.38. The number of nitrogens with one attached hydrogen (secondary N) is 3. The van der Waals surface area contributed by atoms with Crippen molar-refractivity contribution in [3.05, 3.63) is 64.1 Å². The fourth-order valence-corrected chi connectivity index (χ4v) is 3.95. The van der Waals surface area contributed by atoms with Gasteiger partial charge in [-0.2, -0.15) is 0 Å². The molecule has 3 N–H and O–H groups in total. The lowest BCUT2D eigenvalue weighted by Crippen LogP contribution is -2.30. The lowest BCUT2D eigenvalue weighted by molar-refractivity contribution is -0.115. The molecule has 2 aromatic carbocycles. The number of aromatic nitrogens is 1. The molecule has 3 aromatic rings. The fraction of sp³-hybridized carbons (Fsp3) is 0.190. The van der Waals surface area contributed by atoms with Crippen LogP contribution in [0.15, 0.2) is 58.4 Å². The second-order valence-electron chi connectivity index (χ2n) is 6.83. The standard InChI is InChI=1S/C21H19BrN4O2S/c22-14-3-1-2-13(10-14)20-24-18(12-29-20)11-19(27)23-15-4-6-16(7-5-15)25-21(28)26-17-8-9-17/h1-7,10,12,17H,8-9,11H2,(H,23,27)(H2,25,26,28). The summed E-state index contributed by atoms with van der Waals surface area (Å²) >= 11 is 4.98. The van der Waals surface area contributed by atoms with E-state index in [-0.39, 0.29) is 18.4 Å². The average molecular weight is 471 g/mol. The first-order chi connectivity index (χ1) is 14.0. The molecule has 1 aromatic heterocycles. The molecule has 0 atom stereocenters. The maximum atomic E-state index is 12.3. The van der Waals surface area contributed by atoms with Crippen molar-refractivity contribution < 1.29 is 9.59 Å². The monoisotopic (exact) mass is 470 g/mol. The van der Waals surface area contributed by atoms with Crippen molar-refractivity contribution in [2.75, 3.05) is 10.6 Å². The van der Waals surface area contributed by atoms with Crippen molar-refractivity contribution in [3.8, 4) is 10.6 Å². The molecule has 0 spiro atoms. The van der Waals surface area contributed by atoms with Crippen LogP contribution in [0.4, 0.5) is 16.2 Å². The highest BCUT2D eigenvalue weighted by molar-refractivity contribution is 9.10. The zero-order valence-electron chi connectivity index (χ0n) is 15.4. The van der Waals surface area contributed by atoms with Crippen LogP contribution in [0.25, 0.3) is 10.6 Å². The Hall–Kier alpha value is -2.71. The van der Waals surface area contributed by atoms with Gasteiger partial charge in [-0.15, -0.1) is 11.3 Å². The van der Waals surface area contributed by atoms with Gasteiger partial charge in [0.05, 0.1) is 12.1 Å². The van der Waals surface area contributed by atoms with Crippen LogP contribution in [0.5, 0.6) is 0 Å². The Morgan fingerprint density at radius 1 is 1.07 bits per heavy atom. The van der Waals surface area contributed by atoms with Gasteiger partial charge in [0.25, 0.3) is 0 Å². The summed E-state index contributed by atoms with van der Waals surface area (Å²) < 4.78 is 0.993. The van der Waals surface area contributed by atoms with E-state index in [0.29, 0.717) is 17.4 Å². The summed E-state index contributed by atoms with van der Waals surface area (Å²) in [6, 6.07) is 15.1. The largest absolute Gasteiger partial charge is 0.335 e. The number of benzene rings is 2. The molecule has 1 fully saturated rings. The maximum Gasteiger partial charge on any atom is 0.319 e. The van der Waals surface area contributed by atoms with Crippen LogP contribution in [0.2, 0.25) is 0 Å². The van der Waals surface area contributed by atoms with Crippen molar-refractivity contribution in [1.82, 2.24) is 10.3 Å². The molecule has 29 heavy (non-hydrogen) atoms. The summed E-state index contributed by atoms with van der Waals surface area (Å²) in [7, 11) is 0. The first kappa shape index (κ1) is 19.6. The number of nitrogens with zero attached hydrogens (tertiary/aromatic N) is 1. The molecular weight excluding hydrogens is 452 g/mol. The Morgan fingerprint density at radius 3 is 2.48 bits per heavy atom. The van der Waals surface area contributed by atoms with Gasteiger partial charge in [-0.25, -0.2) is 9.78 Å². The molecule has 148 valence electrons. The van der Waals surface area contributed by atoms with Gasteiger partial charge in [0.15, 0.2) is 0 Å². The van der Waals surface area contributed by atoms with Gasteiger partial charge in [-0.3, -0.25) is 4.79 Å². The van der Waals surface area contributed by atoms with Gasteiger partial charge in [0.2, 0.25) is 5.91 Å². The van der Waals surface area contributed by atoms with Crippen molar-refractivity contribution in [2.24, 2.45) is 0 Å². The minimum Gasteiger partial charge on any atom is -0.335 e. The second kappa shape index (κ2) is 8.75. The minimum atomic E-state index is -0.200. The molecule has 3 amide bonds. The van der Waals surface area contributed by atoms with Crippen LogP contribution in [0.3, 0.4) is 0 Å². The van der Waals surface area contributed by atoms with E-state index in [1.54, 1.807) is 24.3 Å². The summed E-state index contributed by atoms with van der Waals surface area (Å²) in [6.07, 6.45) is 2.29. The Morgan fingerprint density at radius 2 is 1.79 bits per heavy atom. The first-order valence-corrected chi connectivity index (χ1v) is 10.9. The summed E-state index contributed by atoms with van der Waals surface area (Å²) in [6.45, 7) is 0. The number of hydrogen-bond donors (Lipinski definition) is 3. The summed E-state index contributed by atoms with van der Waals surface area (Å²) in [5.41, 5.74) is 3.10. The van der Waals surface area contributed by atoms with E-state index in [1.807, 2.05) is 29.6 Å². The molecule has 0 radical (unpaired) electrons. The van der Waals surface area contributed by atoms with Crippen LogP contribution in [0.1, 0.15) is 18.5 Å². The third-order valence-corrected chi connectivity index (χ3v) is 5.74. The van der Waals surface area contributed by atoms with Crippen LogP contribution in [0, 0.1) is 0 Å². The second-order valence-corrected chi connectivity index (χ2v) is 8.60. The van der Waals surface area contributed by atoms with Gasteiger partial charge in [0, 0.05) is 32.8 Å². The van der Waals surface area contributed by atoms with Crippen LogP contribution >= 0.6 is 27.3 Å². The molecular formula is C21H19BrN4O2S. The molecule has 0 unspecified atom stereocenters. The van der Waals surface area contributed by atoms with Crippen LogP contribution in [-0.2, 0) is 11.2 Å². The number of amides is 3. The lowest BCUT2D eigenvalue weighted by Gasteiger charge is -2.08. The van der Waals surface area contributed by atoms with E-state index < -0.39 is 0 Å². The molecule has 0 bridgehead atoms. The molecule has 0 aliphatic heterocycles. The molecule has 8 heteroatoms. The Bertz CT molecular complexity index is 1030. The Kier molecular flexibility index (Phi) is 5.92. The lowest BCUT2D eigenvalue weighted by atomic mass is 10.2. The van der Waals surface area contributed by atoms with E-state index in [9.17, 15) is 9.59 Å². The topological polar surface area (TPSA) is 83.1 Å². The quantitative estimate of drug-likeness (QED) is 0.471. The maximum absolute atomic E-state index is 12.3. The van der Waals surface area contributed by atoms with Crippen molar-refractivity contribution in [1.29, 1.82) is 0 Å². The number of anilines is 2. The van der Waals surface area contributed by atoms with Crippen LogP contribution in [-0.4, -0.2) is 23.0 Å². The highest BCUT2D eigenvalue weighted by Crippen LogP contribution is 2.26. The van der Waals surface area contributed by atoms with E-state index in [4.69, 9.17) is 0 Å². The molecule has 0 saturated heterocycles. The normalized spacial score (nSPS) is 13.0. The van der Waals surface area contributed by atoms with Crippen molar-refractivity contribution in [2.45, 2.75) is 25.3 Å². The predicted octanol–water partition coefficient (Wildman–Crippen LogP) is 5.04. The number of urea groups is 1. The number of thiazole rings is 1. The Labute approximate surface area is 180 Å². The molecule has 1 aliphatic carbocycles. The molecule has 4 rings (SSSR count). The van der Waals surface area contributed by atoms with Crippen LogP contribution < -0.4 is 16.0 Å². The SMILES string of the molecule is O=C(Cc1csc(-c2cccc(Br)c2)n1)Nc1ccc(NC(=O)NC2CC2)cc1. The number of hydrogen-bond acceptors (Lipinski definition) is 4. The molecule has 6 nitrogen and oxygen atoms in total. The first-order valence-electron chi connectivity index (χ1n) is 9.23. The highest BCUT2D eigenvalue weighted by Gasteiger charge is 2.23. The third kappa shape index (κ3) is 5.65. The highest BCUT2D eigenvalue weighted by atomic mass is 79.9. The number of carbonyl (C=O) groups is 2. The minimum absolute atomic E-state index is 0.136. The van der Waals surface area contributed by atoms with E-state index in [0.717, 1.165) is 33.6 Å². The smallest absolute Gasteiger partial charge is 0.319 e. The van der Waals surface area contributed by atoms with Gasteiger partial charge >= 0.3 is 6.03 Å². The van der Waals surface area contributed by atoms with Crippen molar-refractivity contribution >= 4 is 50.6 Å². The summed E-state index contributed by atoms with van der Waals surface area (Å²) in [5, 5.41) is 11.3. The third-order valence-electron chi connectivity index (χ3n) is 4.30. The Balaban J connectivity index is 1.31. The van der Waals surface area contributed by atoms with E-state index >= 15 is 0 Å². The van der Waals surface area contributed by atoms with Crippen molar-refractivity contribution in [3.63, 3.8) is 0 Å². The molecule has 1 saturated carbocycles.